The molecule has 0 saturated carbocycles. The molecule has 0 spiro atoms. The number of rotatable bonds is 7. The van der Waals surface area contributed by atoms with Gasteiger partial charge in [0.2, 0.25) is 0 Å². The number of pyridine rings is 1. The molecule has 114 valence electrons. The van der Waals surface area contributed by atoms with Crippen molar-refractivity contribution in [1.29, 1.82) is 0 Å². The van der Waals surface area contributed by atoms with Crippen LogP contribution < -0.4 is 10.2 Å². The van der Waals surface area contributed by atoms with E-state index in [1.165, 1.54) is 6.26 Å². The molecule has 1 aromatic heterocycles. The number of sulfone groups is 1. The average Bonchev–Trinajstić information content (AvgIpc) is 2.35. The van der Waals surface area contributed by atoms with Crippen LogP contribution in [-0.4, -0.2) is 46.1 Å². The first-order chi connectivity index (χ1) is 9.23. The molecule has 1 heterocycles. The van der Waals surface area contributed by atoms with Crippen LogP contribution in [0.2, 0.25) is 0 Å². The van der Waals surface area contributed by atoms with Crippen molar-refractivity contribution in [2.45, 2.75) is 26.3 Å². The minimum absolute atomic E-state index is 0.137. The molecule has 1 rings (SSSR count). The Morgan fingerprint density at radius 2 is 2.00 bits per heavy atom. The number of aromatic nitrogens is 1. The first-order valence-corrected chi connectivity index (χ1v) is 8.83. The summed E-state index contributed by atoms with van der Waals surface area (Å²) >= 11 is 0. The number of nitrogens with one attached hydrogen (secondary N) is 1. The molecule has 0 amide bonds. The molecule has 0 fully saturated rings. The zero-order valence-corrected chi connectivity index (χ0v) is 13.8. The van der Waals surface area contributed by atoms with E-state index in [9.17, 15) is 8.42 Å². The van der Waals surface area contributed by atoms with Crippen molar-refractivity contribution in [3.05, 3.63) is 23.4 Å². The van der Waals surface area contributed by atoms with Crippen molar-refractivity contribution in [3.63, 3.8) is 0 Å². The van der Waals surface area contributed by atoms with Gasteiger partial charge in [0.25, 0.3) is 0 Å². The molecule has 0 aliphatic carbocycles. The molecule has 1 aromatic rings. The van der Waals surface area contributed by atoms with Gasteiger partial charge >= 0.3 is 0 Å². The van der Waals surface area contributed by atoms with Gasteiger partial charge in [0.1, 0.15) is 15.7 Å². The molecular weight excluding hydrogens is 274 g/mol. The van der Waals surface area contributed by atoms with E-state index < -0.39 is 9.84 Å². The largest absolute Gasteiger partial charge is 0.359 e. The highest BCUT2D eigenvalue weighted by Crippen LogP contribution is 2.19. The molecule has 1 N–H and O–H groups in total. The maximum absolute atomic E-state index is 11.3. The van der Waals surface area contributed by atoms with Crippen LogP contribution in [0.5, 0.6) is 0 Å². The fraction of sp³-hybridized carbons (Fsp3) is 0.643. The lowest BCUT2D eigenvalue weighted by Crippen LogP contribution is -2.26. The van der Waals surface area contributed by atoms with E-state index in [2.05, 4.69) is 30.2 Å². The maximum atomic E-state index is 11.3. The zero-order chi connectivity index (χ0) is 15.3. The van der Waals surface area contributed by atoms with Crippen molar-refractivity contribution < 1.29 is 8.42 Å². The van der Waals surface area contributed by atoms with E-state index >= 15 is 0 Å². The summed E-state index contributed by atoms with van der Waals surface area (Å²) in [5.74, 6) is 1.30. The van der Waals surface area contributed by atoms with E-state index in [4.69, 9.17) is 0 Å². The Kier molecular flexibility index (Phi) is 5.95. The predicted molar refractivity (Wildman–Crippen MR) is 84.1 cm³/mol. The van der Waals surface area contributed by atoms with Gasteiger partial charge in [0.15, 0.2) is 0 Å². The van der Waals surface area contributed by atoms with E-state index in [0.29, 0.717) is 12.5 Å². The summed E-state index contributed by atoms with van der Waals surface area (Å²) < 4.78 is 22.5. The van der Waals surface area contributed by atoms with Crippen LogP contribution in [0.15, 0.2) is 12.1 Å². The number of hydrogen-bond acceptors (Lipinski definition) is 5. The summed E-state index contributed by atoms with van der Waals surface area (Å²) in [6.45, 7) is 5.43. The lowest BCUT2D eigenvalue weighted by Gasteiger charge is -2.20. The SMILES string of the molecule is CNCc1cc(C(C)C)nc(N(C)CCS(C)(=O)=O)c1. The summed E-state index contributed by atoms with van der Waals surface area (Å²) in [5.41, 5.74) is 2.19. The second kappa shape index (κ2) is 7.04. The molecule has 0 aliphatic rings. The van der Waals surface area contributed by atoms with E-state index in [0.717, 1.165) is 23.6 Å². The Hall–Kier alpha value is -1.14. The van der Waals surface area contributed by atoms with Gasteiger partial charge in [0.05, 0.1) is 5.75 Å². The van der Waals surface area contributed by atoms with Crippen LogP contribution in [0, 0.1) is 0 Å². The van der Waals surface area contributed by atoms with Gasteiger partial charge in [-0.25, -0.2) is 13.4 Å². The van der Waals surface area contributed by atoms with Gasteiger partial charge in [-0.2, -0.15) is 0 Å². The first-order valence-electron chi connectivity index (χ1n) is 6.77. The summed E-state index contributed by atoms with van der Waals surface area (Å²) in [5, 5.41) is 3.13. The van der Waals surface area contributed by atoms with Gasteiger partial charge in [-0.1, -0.05) is 13.8 Å². The van der Waals surface area contributed by atoms with Gasteiger partial charge in [0, 0.05) is 32.1 Å². The maximum Gasteiger partial charge on any atom is 0.149 e. The third kappa shape index (κ3) is 5.46. The Morgan fingerprint density at radius 3 is 2.50 bits per heavy atom. The molecule has 0 saturated heterocycles. The monoisotopic (exact) mass is 299 g/mol. The lowest BCUT2D eigenvalue weighted by atomic mass is 10.1. The average molecular weight is 299 g/mol. The van der Waals surface area contributed by atoms with Crippen molar-refractivity contribution in [3.8, 4) is 0 Å². The van der Waals surface area contributed by atoms with Crippen LogP contribution in [0.25, 0.3) is 0 Å². The smallest absolute Gasteiger partial charge is 0.149 e. The molecule has 0 unspecified atom stereocenters. The van der Waals surface area contributed by atoms with E-state index in [1.807, 2.05) is 25.1 Å². The van der Waals surface area contributed by atoms with Gasteiger partial charge in [-0.05, 0) is 30.7 Å². The molecule has 0 atom stereocenters. The molecular formula is C14H25N3O2S. The van der Waals surface area contributed by atoms with Gasteiger partial charge in [-0.15, -0.1) is 0 Å². The third-order valence-corrected chi connectivity index (χ3v) is 3.98. The summed E-state index contributed by atoms with van der Waals surface area (Å²) in [6.07, 6.45) is 1.26. The van der Waals surface area contributed by atoms with Crippen molar-refractivity contribution >= 4 is 15.7 Å². The normalized spacial score (nSPS) is 11.9. The van der Waals surface area contributed by atoms with Crippen molar-refractivity contribution in [1.82, 2.24) is 10.3 Å². The second-order valence-corrected chi connectivity index (χ2v) is 7.75. The molecule has 5 nitrogen and oxygen atoms in total. The Bertz CT molecular complexity index is 541. The Morgan fingerprint density at radius 1 is 1.35 bits per heavy atom. The quantitative estimate of drug-likeness (QED) is 0.825. The standard InChI is InChI=1S/C14H25N3O2S/c1-11(2)13-8-12(10-15-3)9-14(16-13)17(4)6-7-20(5,18)19/h8-9,11,15H,6-7,10H2,1-5H3. The predicted octanol–water partition coefficient (Wildman–Crippen LogP) is 1.41. The van der Waals surface area contributed by atoms with Crippen LogP contribution in [0.1, 0.15) is 31.0 Å². The Balaban J connectivity index is 2.97. The van der Waals surface area contributed by atoms with Gasteiger partial charge in [-0.3, -0.25) is 0 Å². The van der Waals surface area contributed by atoms with Crippen molar-refractivity contribution in [2.75, 3.05) is 37.5 Å². The molecule has 6 heteroatoms. The highest BCUT2D eigenvalue weighted by molar-refractivity contribution is 7.90. The minimum atomic E-state index is -2.96. The summed E-state index contributed by atoms with van der Waals surface area (Å²) in [7, 11) is 0.825. The van der Waals surface area contributed by atoms with Crippen LogP contribution in [-0.2, 0) is 16.4 Å². The highest BCUT2D eigenvalue weighted by Gasteiger charge is 2.11. The third-order valence-electron chi connectivity index (χ3n) is 3.05. The highest BCUT2D eigenvalue weighted by atomic mass is 32.2. The van der Waals surface area contributed by atoms with E-state index in [1.54, 1.807) is 0 Å². The topological polar surface area (TPSA) is 62.3 Å². The number of hydrogen-bond donors (Lipinski definition) is 1. The molecule has 0 aliphatic heterocycles. The van der Waals surface area contributed by atoms with Crippen LogP contribution >= 0.6 is 0 Å². The molecule has 0 bridgehead atoms. The lowest BCUT2D eigenvalue weighted by molar-refractivity contribution is 0.601. The Labute approximate surface area is 122 Å². The van der Waals surface area contributed by atoms with Crippen LogP contribution in [0.3, 0.4) is 0 Å². The van der Waals surface area contributed by atoms with E-state index in [-0.39, 0.29) is 5.75 Å². The number of nitrogens with zero attached hydrogens (tertiary/aromatic N) is 2. The first kappa shape index (κ1) is 16.9. The van der Waals surface area contributed by atoms with Gasteiger partial charge < -0.3 is 10.2 Å². The summed E-state index contributed by atoms with van der Waals surface area (Å²) in [4.78, 5) is 6.51. The van der Waals surface area contributed by atoms with Crippen LogP contribution in [0.4, 0.5) is 5.82 Å². The molecule has 0 aromatic carbocycles. The zero-order valence-electron chi connectivity index (χ0n) is 13.0. The molecule has 20 heavy (non-hydrogen) atoms. The minimum Gasteiger partial charge on any atom is -0.359 e. The fourth-order valence-electron chi connectivity index (χ4n) is 1.81. The fourth-order valence-corrected chi connectivity index (χ4v) is 2.41. The van der Waals surface area contributed by atoms with Crippen molar-refractivity contribution in [2.24, 2.45) is 0 Å². The summed E-state index contributed by atoms with van der Waals surface area (Å²) in [6, 6.07) is 4.10. The molecule has 0 radical (unpaired) electrons. The second-order valence-electron chi connectivity index (χ2n) is 5.49. The number of anilines is 1.